The summed E-state index contributed by atoms with van der Waals surface area (Å²) in [6.45, 7) is 0. The van der Waals surface area contributed by atoms with Gasteiger partial charge in [-0.2, -0.15) is 0 Å². The molecule has 0 aliphatic carbocycles. The molecule has 0 saturated heterocycles. The molecule has 1 aromatic carbocycles. The van der Waals surface area contributed by atoms with Gasteiger partial charge in [0, 0.05) is 17.7 Å². The molecule has 0 N–H and O–H groups in total. The van der Waals surface area contributed by atoms with E-state index in [9.17, 15) is 0 Å². The molecular formula is C10H8BrClN2. The van der Waals surface area contributed by atoms with Crippen LogP contribution in [0.25, 0.3) is 5.69 Å². The first-order valence-corrected chi connectivity index (χ1v) is 5.64. The molecule has 0 aliphatic heterocycles. The molecule has 0 atom stereocenters. The van der Waals surface area contributed by atoms with Crippen molar-refractivity contribution in [3.63, 3.8) is 0 Å². The number of benzene rings is 1. The molecule has 2 nitrogen and oxygen atoms in total. The molecule has 0 saturated carbocycles. The van der Waals surface area contributed by atoms with Crippen LogP contribution < -0.4 is 0 Å². The minimum atomic E-state index is 0.736. The Morgan fingerprint density at radius 2 is 2.29 bits per heavy atom. The van der Waals surface area contributed by atoms with Crippen LogP contribution in [0.5, 0.6) is 0 Å². The number of halogens is 2. The lowest BCUT2D eigenvalue weighted by molar-refractivity contribution is 1.05. The van der Waals surface area contributed by atoms with Crippen molar-refractivity contribution < 1.29 is 0 Å². The maximum Gasteiger partial charge on any atom is 0.0992 e. The summed E-state index contributed by atoms with van der Waals surface area (Å²) in [6.07, 6.45) is 5.33. The van der Waals surface area contributed by atoms with Crippen molar-refractivity contribution in [2.75, 3.05) is 0 Å². The molecule has 72 valence electrons. The van der Waals surface area contributed by atoms with E-state index >= 15 is 0 Å². The van der Waals surface area contributed by atoms with Gasteiger partial charge in [0.2, 0.25) is 0 Å². The van der Waals surface area contributed by atoms with Gasteiger partial charge in [-0.05, 0) is 17.7 Å². The molecule has 1 aromatic heterocycles. The molecule has 0 bridgehead atoms. The lowest BCUT2D eigenvalue weighted by atomic mass is 10.2. The molecule has 0 radical (unpaired) electrons. The Morgan fingerprint density at radius 3 is 2.86 bits per heavy atom. The van der Waals surface area contributed by atoms with Crippen LogP contribution in [-0.2, 0) is 5.33 Å². The van der Waals surface area contributed by atoms with E-state index in [4.69, 9.17) is 11.6 Å². The summed E-state index contributed by atoms with van der Waals surface area (Å²) in [6, 6.07) is 5.97. The van der Waals surface area contributed by atoms with Crippen molar-refractivity contribution >= 4 is 27.5 Å². The number of nitrogens with zero attached hydrogens (tertiary/aromatic N) is 2. The number of alkyl halides is 1. The molecule has 2 rings (SSSR count). The van der Waals surface area contributed by atoms with E-state index in [2.05, 4.69) is 20.9 Å². The van der Waals surface area contributed by atoms with Crippen LogP contribution in [0.15, 0.2) is 36.9 Å². The third-order valence-electron chi connectivity index (χ3n) is 1.95. The van der Waals surface area contributed by atoms with Crippen LogP contribution >= 0.6 is 27.5 Å². The lowest BCUT2D eigenvalue weighted by Crippen LogP contribution is -1.91. The maximum absolute atomic E-state index is 6.13. The monoisotopic (exact) mass is 270 g/mol. The number of aromatic nitrogens is 2. The van der Waals surface area contributed by atoms with Crippen molar-refractivity contribution in [3.8, 4) is 5.69 Å². The normalized spacial score (nSPS) is 10.4. The van der Waals surface area contributed by atoms with E-state index < -0.39 is 0 Å². The molecule has 0 spiro atoms. The van der Waals surface area contributed by atoms with Crippen molar-refractivity contribution in [2.24, 2.45) is 0 Å². The van der Waals surface area contributed by atoms with Gasteiger partial charge < -0.3 is 4.57 Å². The largest absolute Gasteiger partial charge is 0.305 e. The molecule has 2 aromatic rings. The highest BCUT2D eigenvalue weighted by molar-refractivity contribution is 9.08. The average molecular weight is 272 g/mol. The predicted octanol–water partition coefficient (Wildman–Crippen LogP) is 3.42. The Morgan fingerprint density at radius 1 is 1.43 bits per heavy atom. The topological polar surface area (TPSA) is 17.8 Å². The molecule has 14 heavy (non-hydrogen) atoms. The van der Waals surface area contributed by atoms with E-state index in [0.717, 1.165) is 16.0 Å². The molecule has 4 heteroatoms. The molecule has 0 amide bonds. The second-order valence-electron chi connectivity index (χ2n) is 2.89. The van der Waals surface area contributed by atoms with E-state index in [0.29, 0.717) is 0 Å². The summed E-state index contributed by atoms with van der Waals surface area (Å²) >= 11 is 9.52. The van der Waals surface area contributed by atoms with Crippen molar-refractivity contribution in [1.82, 2.24) is 9.55 Å². The summed E-state index contributed by atoms with van der Waals surface area (Å²) < 4.78 is 1.89. The highest BCUT2D eigenvalue weighted by Crippen LogP contribution is 2.22. The van der Waals surface area contributed by atoms with Crippen LogP contribution in [0.1, 0.15) is 5.56 Å². The third kappa shape index (κ3) is 1.83. The quantitative estimate of drug-likeness (QED) is 0.765. The lowest BCUT2D eigenvalue weighted by Gasteiger charge is -2.05. The van der Waals surface area contributed by atoms with Gasteiger partial charge in [0.1, 0.15) is 0 Å². The summed E-state index contributed by atoms with van der Waals surface area (Å²) in [5.74, 6) is 0. The van der Waals surface area contributed by atoms with Crippen molar-refractivity contribution in [2.45, 2.75) is 5.33 Å². The van der Waals surface area contributed by atoms with E-state index in [-0.39, 0.29) is 0 Å². The van der Waals surface area contributed by atoms with Gasteiger partial charge in [-0.15, -0.1) is 0 Å². The number of rotatable bonds is 2. The van der Waals surface area contributed by atoms with Gasteiger partial charge >= 0.3 is 0 Å². The maximum atomic E-state index is 6.13. The molecular weight excluding hydrogens is 263 g/mol. The first-order chi connectivity index (χ1) is 6.81. The van der Waals surface area contributed by atoms with Crippen LogP contribution in [0.4, 0.5) is 0 Å². The Hall–Kier alpha value is -0.800. The van der Waals surface area contributed by atoms with Crippen molar-refractivity contribution in [3.05, 3.63) is 47.5 Å². The smallest absolute Gasteiger partial charge is 0.0992 e. The highest BCUT2D eigenvalue weighted by Gasteiger charge is 2.02. The van der Waals surface area contributed by atoms with Crippen LogP contribution in [-0.4, -0.2) is 9.55 Å². The predicted molar refractivity (Wildman–Crippen MR) is 61.2 cm³/mol. The zero-order valence-corrected chi connectivity index (χ0v) is 9.66. The fourth-order valence-corrected chi connectivity index (χ4v) is 1.89. The second-order valence-corrected chi connectivity index (χ2v) is 3.86. The van der Waals surface area contributed by atoms with Gasteiger partial charge in [0.15, 0.2) is 0 Å². The van der Waals surface area contributed by atoms with E-state index in [1.807, 2.05) is 29.0 Å². The second kappa shape index (κ2) is 4.15. The SMILES string of the molecule is Clc1cc(CBr)ccc1-n1ccnc1. The average Bonchev–Trinajstić information content (AvgIpc) is 2.70. The van der Waals surface area contributed by atoms with E-state index in [1.165, 1.54) is 5.56 Å². The van der Waals surface area contributed by atoms with Gasteiger partial charge in [-0.25, -0.2) is 4.98 Å². The minimum absolute atomic E-state index is 0.736. The van der Waals surface area contributed by atoms with Gasteiger partial charge in [-0.3, -0.25) is 0 Å². The first-order valence-electron chi connectivity index (χ1n) is 4.14. The summed E-state index contributed by atoms with van der Waals surface area (Å²) in [5.41, 5.74) is 2.12. The minimum Gasteiger partial charge on any atom is -0.305 e. The number of imidazole rings is 1. The van der Waals surface area contributed by atoms with Gasteiger partial charge in [0.25, 0.3) is 0 Å². The molecule has 1 heterocycles. The van der Waals surface area contributed by atoms with Crippen LogP contribution in [0, 0.1) is 0 Å². The molecule has 0 aliphatic rings. The first kappa shape index (κ1) is 9.74. The zero-order chi connectivity index (χ0) is 9.97. The standard InChI is InChI=1S/C10H8BrClN2/c11-6-8-1-2-10(9(12)5-8)14-4-3-13-7-14/h1-5,7H,6H2. The Labute approximate surface area is 95.7 Å². The Bertz CT molecular complexity index is 426. The molecule has 0 unspecified atom stereocenters. The fourth-order valence-electron chi connectivity index (χ4n) is 1.24. The summed E-state index contributed by atoms with van der Waals surface area (Å²) in [4.78, 5) is 3.98. The summed E-state index contributed by atoms with van der Waals surface area (Å²) in [7, 11) is 0. The highest BCUT2D eigenvalue weighted by atomic mass is 79.9. The van der Waals surface area contributed by atoms with E-state index in [1.54, 1.807) is 12.5 Å². The molecule has 0 fully saturated rings. The van der Waals surface area contributed by atoms with Crippen LogP contribution in [0.2, 0.25) is 5.02 Å². The third-order valence-corrected chi connectivity index (χ3v) is 2.90. The Kier molecular flexibility index (Phi) is 2.89. The summed E-state index contributed by atoms with van der Waals surface area (Å²) in [5, 5.41) is 1.55. The van der Waals surface area contributed by atoms with Crippen molar-refractivity contribution in [1.29, 1.82) is 0 Å². The van der Waals surface area contributed by atoms with Crippen LogP contribution in [0.3, 0.4) is 0 Å². The number of hydrogen-bond acceptors (Lipinski definition) is 1. The zero-order valence-electron chi connectivity index (χ0n) is 7.32. The van der Waals surface area contributed by atoms with Gasteiger partial charge in [-0.1, -0.05) is 33.6 Å². The van der Waals surface area contributed by atoms with Gasteiger partial charge in [0.05, 0.1) is 17.0 Å². The fraction of sp³-hybridized carbons (Fsp3) is 0.100. The number of hydrogen-bond donors (Lipinski definition) is 0. The Balaban J connectivity index is 2.46.